The lowest BCUT2D eigenvalue weighted by atomic mass is 10.2. The Kier molecular flexibility index (Phi) is 4.15. The van der Waals surface area contributed by atoms with E-state index < -0.39 is 11.7 Å². The van der Waals surface area contributed by atoms with Gasteiger partial charge < -0.3 is 15.3 Å². The van der Waals surface area contributed by atoms with E-state index in [0.29, 0.717) is 6.54 Å². The largest absolute Gasteiger partial charge is 0.508 e. The van der Waals surface area contributed by atoms with Gasteiger partial charge in [-0.25, -0.2) is 4.39 Å². The van der Waals surface area contributed by atoms with Crippen molar-refractivity contribution in [3.05, 3.63) is 29.6 Å². The minimum atomic E-state index is -0.700. The van der Waals surface area contributed by atoms with E-state index in [1.54, 1.807) is 0 Å². The fraction of sp³-hybridized carbons (Fsp3) is 0.462. The highest BCUT2D eigenvalue weighted by atomic mass is 19.1. The van der Waals surface area contributed by atoms with Crippen molar-refractivity contribution < 1.29 is 14.3 Å². The minimum absolute atomic E-state index is 0.0331. The summed E-state index contributed by atoms with van der Waals surface area (Å²) >= 11 is 0. The Morgan fingerprint density at radius 2 is 2.11 bits per heavy atom. The number of phenols is 1. The maximum Gasteiger partial charge on any atom is 0.254 e. The molecule has 0 saturated carbocycles. The molecule has 0 spiro atoms. The molecule has 0 aromatic heterocycles. The van der Waals surface area contributed by atoms with E-state index in [1.807, 2.05) is 0 Å². The molecule has 18 heavy (non-hydrogen) atoms. The zero-order chi connectivity index (χ0) is 13.0. The van der Waals surface area contributed by atoms with Crippen molar-refractivity contribution in [3.8, 4) is 5.75 Å². The molecular formula is C13H17FN2O2. The Bertz CT molecular complexity index is 431. The number of hydrogen-bond donors (Lipinski definition) is 2. The maximum atomic E-state index is 13.4. The first-order valence-electron chi connectivity index (χ1n) is 6.16. The molecule has 1 amide bonds. The van der Waals surface area contributed by atoms with Gasteiger partial charge in [-0.15, -0.1) is 0 Å². The Hall–Kier alpha value is -1.62. The SMILES string of the molecule is O=C(NCCN1CCCC1)c1ccc(O)cc1F. The summed E-state index contributed by atoms with van der Waals surface area (Å²) in [6.45, 7) is 3.46. The molecule has 1 saturated heterocycles. The lowest BCUT2D eigenvalue weighted by Gasteiger charge is -2.14. The predicted octanol–water partition coefficient (Wildman–Crippen LogP) is 1.36. The van der Waals surface area contributed by atoms with Crippen LogP contribution in [0.4, 0.5) is 4.39 Å². The smallest absolute Gasteiger partial charge is 0.254 e. The second-order valence-electron chi connectivity index (χ2n) is 4.47. The molecular weight excluding hydrogens is 235 g/mol. The first kappa shape index (κ1) is 12.8. The highest BCUT2D eigenvalue weighted by Gasteiger charge is 2.14. The van der Waals surface area contributed by atoms with Crippen LogP contribution in [-0.4, -0.2) is 42.1 Å². The summed E-state index contributed by atoms with van der Waals surface area (Å²) in [5.41, 5.74) is -0.0331. The molecule has 0 aliphatic carbocycles. The number of benzene rings is 1. The van der Waals surface area contributed by atoms with Crippen LogP contribution >= 0.6 is 0 Å². The second-order valence-corrected chi connectivity index (χ2v) is 4.47. The average Bonchev–Trinajstić information content (AvgIpc) is 2.81. The van der Waals surface area contributed by atoms with Crippen molar-refractivity contribution in [1.29, 1.82) is 0 Å². The first-order chi connectivity index (χ1) is 8.66. The number of carbonyl (C=O) groups excluding carboxylic acids is 1. The summed E-state index contributed by atoms with van der Waals surface area (Å²) in [6.07, 6.45) is 2.42. The van der Waals surface area contributed by atoms with Gasteiger partial charge in [0.15, 0.2) is 0 Å². The van der Waals surface area contributed by atoms with Crippen LogP contribution in [0.3, 0.4) is 0 Å². The first-order valence-corrected chi connectivity index (χ1v) is 6.16. The molecule has 0 bridgehead atoms. The molecule has 1 aromatic rings. The summed E-state index contributed by atoms with van der Waals surface area (Å²) in [4.78, 5) is 14.0. The van der Waals surface area contributed by atoms with Gasteiger partial charge in [0.05, 0.1) is 5.56 Å². The molecule has 0 atom stereocenters. The fourth-order valence-electron chi connectivity index (χ4n) is 2.12. The van der Waals surface area contributed by atoms with Gasteiger partial charge in [0, 0.05) is 19.2 Å². The molecule has 0 radical (unpaired) electrons. The number of likely N-dealkylation sites (tertiary alicyclic amines) is 1. The summed E-state index contributed by atoms with van der Waals surface area (Å²) in [6, 6.07) is 3.53. The molecule has 98 valence electrons. The Labute approximate surface area is 105 Å². The third-order valence-electron chi connectivity index (χ3n) is 3.11. The minimum Gasteiger partial charge on any atom is -0.508 e. The molecule has 0 unspecified atom stereocenters. The van der Waals surface area contributed by atoms with E-state index in [9.17, 15) is 9.18 Å². The predicted molar refractivity (Wildman–Crippen MR) is 66.1 cm³/mol. The fourth-order valence-corrected chi connectivity index (χ4v) is 2.12. The van der Waals surface area contributed by atoms with Gasteiger partial charge in [-0.2, -0.15) is 0 Å². The number of hydrogen-bond acceptors (Lipinski definition) is 3. The molecule has 1 aliphatic rings. The number of carbonyl (C=O) groups is 1. The number of amides is 1. The monoisotopic (exact) mass is 252 g/mol. The van der Waals surface area contributed by atoms with Crippen LogP contribution < -0.4 is 5.32 Å². The van der Waals surface area contributed by atoms with Crippen molar-refractivity contribution >= 4 is 5.91 Å². The van der Waals surface area contributed by atoms with E-state index in [4.69, 9.17) is 5.11 Å². The van der Waals surface area contributed by atoms with Crippen molar-refractivity contribution in [2.45, 2.75) is 12.8 Å². The van der Waals surface area contributed by atoms with Crippen LogP contribution in [0.2, 0.25) is 0 Å². The number of aromatic hydroxyl groups is 1. The van der Waals surface area contributed by atoms with Crippen LogP contribution in [0.15, 0.2) is 18.2 Å². The zero-order valence-electron chi connectivity index (χ0n) is 10.2. The Balaban J connectivity index is 1.83. The number of nitrogens with one attached hydrogen (secondary N) is 1. The van der Waals surface area contributed by atoms with E-state index >= 15 is 0 Å². The molecule has 1 aromatic carbocycles. The topological polar surface area (TPSA) is 52.6 Å². The summed E-state index contributed by atoms with van der Waals surface area (Å²) in [5, 5.41) is 11.7. The molecule has 2 N–H and O–H groups in total. The molecule has 2 rings (SSSR count). The van der Waals surface area contributed by atoms with Crippen molar-refractivity contribution in [2.75, 3.05) is 26.2 Å². The molecule has 1 heterocycles. The van der Waals surface area contributed by atoms with Gasteiger partial charge in [0.25, 0.3) is 5.91 Å². The van der Waals surface area contributed by atoms with Crippen LogP contribution in [0.1, 0.15) is 23.2 Å². The van der Waals surface area contributed by atoms with Crippen molar-refractivity contribution in [2.24, 2.45) is 0 Å². The van der Waals surface area contributed by atoms with Gasteiger partial charge in [0.2, 0.25) is 0 Å². The Morgan fingerprint density at radius 3 is 2.78 bits per heavy atom. The van der Waals surface area contributed by atoms with Gasteiger partial charge in [-0.3, -0.25) is 4.79 Å². The van der Waals surface area contributed by atoms with Gasteiger partial charge in [-0.05, 0) is 38.1 Å². The zero-order valence-corrected chi connectivity index (χ0v) is 10.2. The van der Waals surface area contributed by atoms with E-state index in [0.717, 1.165) is 25.7 Å². The second kappa shape index (κ2) is 5.82. The third kappa shape index (κ3) is 3.20. The number of phenolic OH excluding ortho intramolecular Hbond substituents is 1. The van der Waals surface area contributed by atoms with Crippen LogP contribution in [0.5, 0.6) is 5.75 Å². The summed E-state index contributed by atoms with van der Waals surface area (Å²) in [7, 11) is 0. The van der Waals surface area contributed by atoms with Crippen molar-refractivity contribution in [3.63, 3.8) is 0 Å². The quantitative estimate of drug-likeness (QED) is 0.850. The third-order valence-corrected chi connectivity index (χ3v) is 3.11. The molecule has 1 fully saturated rings. The van der Waals surface area contributed by atoms with Crippen LogP contribution in [0.25, 0.3) is 0 Å². The summed E-state index contributed by atoms with van der Waals surface area (Å²) in [5.74, 6) is -1.32. The number of nitrogens with zero attached hydrogens (tertiary/aromatic N) is 1. The Morgan fingerprint density at radius 1 is 1.39 bits per heavy atom. The number of rotatable bonds is 4. The molecule has 4 nitrogen and oxygen atoms in total. The van der Waals surface area contributed by atoms with Gasteiger partial charge in [-0.1, -0.05) is 0 Å². The lowest BCUT2D eigenvalue weighted by Crippen LogP contribution is -2.33. The maximum absolute atomic E-state index is 13.4. The number of halogens is 1. The molecule has 5 heteroatoms. The highest BCUT2D eigenvalue weighted by Crippen LogP contribution is 2.14. The van der Waals surface area contributed by atoms with E-state index in [-0.39, 0.29) is 11.3 Å². The highest BCUT2D eigenvalue weighted by molar-refractivity contribution is 5.94. The average molecular weight is 252 g/mol. The summed E-state index contributed by atoms with van der Waals surface area (Å²) < 4.78 is 13.4. The molecule has 1 aliphatic heterocycles. The lowest BCUT2D eigenvalue weighted by molar-refractivity contribution is 0.0945. The van der Waals surface area contributed by atoms with Gasteiger partial charge in [0.1, 0.15) is 11.6 Å². The van der Waals surface area contributed by atoms with Gasteiger partial charge >= 0.3 is 0 Å². The standard InChI is InChI=1S/C13H17FN2O2/c14-12-9-10(17)3-4-11(12)13(18)15-5-8-16-6-1-2-7-16/h3-4,9,17H,1-2,5-8H2,(H,15,18). The van der Waals surface area contributed by atoms with Crippen LogP contribution in [0, 0.1) is 5.82 Å². The van der Waals surface area contributed by atoms with E-state index in [2.05, 4.69) is 10.2 Å². The van der Waals surface area contributed by atoms with Crippen LogP contribution in [-0.2, 0) is 0 Å². The van der Waals surface area contributed by atoms with E-state index in [1.165, 1.54) is 25.0 Å². The normalized spacial score (nSPS) is 15.8. The van der Waals surface area contributed by atoms with Crippen molar-refractivity contribution in [1.82, 2.24) is 10.2 Å².